The van der Waals surface area contributed by atoms with Gasteiger partial charge in [-0.2, -0.15) is 0 Å². The molecule has 0 saturated heterocycles. The Morgan fingerprint density at radius 1 is 1.43 bits per heavy atom. The van der Waals surface area contributed by atoms with Gasteiger partial charge < -0.3 is 10.6 Å². The van der Waals surface area contributed by atoms with Crippen LogP contribution in [0.4, 0.5) is 0 Å². The Bertz CT molecular complexity index is 413. The maximum Gasteiger partial charge on any atom is 0.228 e. The molecular formula is C14H27Cl2N3OS. The molecule has 0 aliphatic carbocycles. The number of rotatable bonds is 7. The summed E-state index contributed by atoms with van der Waals surface area (Å²) in [5, 5.41) is 3.07. The van der Waals surface area contributed by atoms with E-state index >= 15 is 0 Å². The highest BCUT2D eigenvalue weighted by molar-refractivity contribution is 7.09. The second-order valence-electron chi connectivity index (χ2n) is 5.27. The van der Waals surface area contributed by atoms with Crippen LogP contribution in [0.1, 0.15) is 37.9 Å². The smallest absolute Gasteiger partial charge is 0.228 e. The van der Waals surface area contributed by atoms with Gasteiger partial charge in [0.05, 0.1) is 17.1 Å². The Morgan fingerprint density at radius 2 is 2.05 bits per heavy atom. The number of thiazole rings is 1. The Morgan fingerprint density at radius 3 is 2.52 bits per heavy atom. The number of likely N-dealkylation sites (N-methyl/N-ethyl adjacent to an activating group) is 1. The lowest BCUT2D eigenvalue weighted by Crippen LogP contribution is -2.35. The van der Waals surface area contributed by atoms with Crippen molar-refractivity contribution in [2.45, 2.75) is 46.1 Å². The van der Waals surface area contributed by atoms with Crippen molar-refractivity contribution >= 4 is 42.1 Å². The molecule has 0 spiro atoms. The van der Waals surface area contributed by atoms with Gasteiger partial charge in [0.1, 0.15) is 0 Å². The van der Waals surface area contributed by atoms with Gasteiger partial charge in [-0.25, -0.2) is 4.98 Å². The van der Waals surface area contributed by atoms with Crippen molar-refractivity contribution in [3.8, 4) is 0 Å². The van der Waals surface area contributed by atoms with E-state index in [1.54, 1.807) is 16.2 Å². The zero-order valence-corrected chi connectivity index (χ0v) is 15.6. The van der Waals surface area contributed by atoms with E-state index in [-0.39, 0.29) is 36.8 Å². The standard InChI is InChI=1S/C14H25N3OS.2ClH/c1-5-13-16-11(9-19-13)8-14(18)17(4)7-6-12(15)10(2)3;;/h9-10,12H,5-8,15H2,1-4H3;2*1H. The van der Waals surface area contributed by atoms with Crippen LogP contribution >= 0.6 is 36.2 Å². The van der Waals surface area contributed by atoms with Crippen LogP contribution in [-0.2, 0) is 17.6 Å². The first kappa shape index (κ1) is 22.9. The van der Waals surface area contributed by atoms with E-state index in [1.165, 1.54) is 0 Å². The summed E-state index contributed by atoms with van der Waals surface area (Å²) in [6, 6.07) is 0.154. The first-order chi connectivity index (χ1) is 8.93. The summed E-state index contributed by atoms with van der Waals surface area (Å²) in [6.07, 6.45) is 2.17. The summed E-state index contributed by atoms with van der Waals surface area (Å²) in [7, 11) is 1.84. The van der Waals surface area contributed by atoms with Crippen LogP contribution in [0.2, 0.25) is 0 Å². The van der Waals surface area contributed by atoms with Crippen LogP contribution in [-0.4, -0.2) is 35.4 Å². The zero-order valence-electron chi connectivity index (χ0n) is 13.2. The minimum atomic E-state index is 0. The molecular weight excluding hydrogens is 329 g/mol. The lowest BCUT2D eigenvalue weighted by molar-refractivity contribution is -0.129. The monoisotopic (exact) mass is 355 g/mol. The zero-order chi connectivity index (χ0) is 14.4. The van der Waals surface area contributed by atoms with Crippen molar-refractivity contribution in [3.63, 3.8) is 0 Å². The van der Waals surface area contributed by atoms with Gasteiger partial charge in [0.25, 0.3) is 0 Å². The number of halogens is 2. The van der Waals surface area contributed by atoms with Crippen LogP contribution < -0.4 is 5.73 Å². The van der Waals surface area contributed by atoms with Crippen molar-refractivity contribution in [2.75, 3.05) is 13.6 Å². The summed E-state index contributed by atoms with van der Waals surface area (Å²) in [5.41, 5.74) is 6.87. The molecule has 0 bridgehead atoms. The lowest BCUT2D eigenvalue weighted by atomic mass is 10.0. The maximum atomic E-state index is 12.0. The largest absolute Gasteiger partial charge is 0.345 e. The number of aryl methyl sites for hydroxylation is 1. The summed E-state index contributed by atoms with van der Waals surface area (Å²) in [6.45, 7) is 6.99. The molecule has 2 N–H and O–H groups in total. The van der Waals surface area contributed by atoms with Crippen molar-refractivity contribution in [3.05, 3.63) is 16.1 Å². The number of amides is 1. The molecule has 1 heterocycles. The van der Waals surface area contributed by atoms with Crippen LogP contribution in [0, 0.1) is 5.92 Å². The van der Waals surface area contributed by atoms with Gasteiger partial charge in [-0.1, -0.05) is 20.8 Å². The van der Waals surface area contributed by atoms with E-state index in [0.717, 1.165) is 23.5 Å². The Kier molecular flexibility index (Phi) is 12.3. The van der Waals surface area contributed by atoms with Crippen LogP contribution in [0.25, 0.3) is 0 Å². The molecule has 1 amide bonds. The van der Waals surface area contributed by atoms with Gasteiger partial charge in [-0.05, 0) is 18.8 Å². The van der Waals surface area contributed by atoms with E-state index in [2.05, 4.69) is 25.8 Å². The summed E-state index contributed by atoms with van der Waals surface area (Å²) in [4.78, 5) is 18.2. The predicted octanol–water partition coefficient (Wildman–Crippen LogP) is 2.92. The second kappa shape index (κ2) is 11.2. The second-order valence-corrected chi connectivity index (χ2v) is 6.22. The molecule has 21 heavy (non-hydrogen) atoms. The van der Waals surface area contributed by atoms with Crippen LogP contribution in [0.5, 0.6) is 0 Å². The molecule has 0 aliphatic heterocycles. The van der Waals surface area contributed by atoms with Crippen molar-refractivity contribution in [1.82, 2.24) is 9.88 Å². The molecule has 0 aliphatic rings. The molecule has 1 rings (SSSR count). The fourth-order valence-electron chi connectivity index (χ4n) is 1.68. The number of carbonyl (C=O) groups excluding carboxylic acids is 1. The molecule has 0 radical (unpaired) electrons. The van der Waals surface area contributed by atoms with Crippen LogP contribution in [0.15, 0.2) is 5.38 Å². The van der Waals surface area contributed by atoms with Gasteiger partial charge in [0.15, 0.2) is 0 Å². The number of hydrogen-bond acceptors (Lipinski definition) is 4. The number of nitrogens with zero attached hydrogens (tertiary/aromatic N) is 2. The van der Waals surface area contributed by atoms with Crippen molar-refractivity contribution in [2.24, 2.45) is 11.7 Å². The van der Waals surface area contributed by atoms with Gasteiger partial charge in [-0.15, -0.1) is 36.2 Å². The third-order valence-electron chi connectivity index (χ3n) is 3.31. The van der Waals surface area contributed by atoms with E-state index < -0.39 is 0 Å². The fraction of sp³-hybridized carbons (Fsp3) is 0.714. The summed E-state index contributed by atoms with van der Waals surface area (Å²) in [5.74, 6) is 0.568. The van der Waals surface area contributed by atoms with Gasteiger partial charge in [-0.3, -0.25) is 4.79 Å². The van der Waals surface area contributed by atoms with Gasteiger partial charge >= 0.3 is 0 Å². The summed E-state index contributed by atoms with van der Waals surface area (Å²) < 4.78 is 0. The quantitative estimate of drug-likeness (QED) is 0.817. The SMILES string of the molecule is CCc1nc(CC(=O)N(C)CCC(N)C(C)C)cs1.Cl.Cl. The van der Waals surface area contributed by atoms with E-state index in [9.17, 15) is 4.79 Å². The number of carbonyl (C=O) groups is 1. The Labute approximate surface area is 144 Å². The molecule has 1 aromatic heterocycles. The average molecular weight is 356 g/mol. The first-order valence-corrected chi connectivity index (χ1v) is 7.74. The third-order valence-corrected chi connectivity index (χ3v) is 4.36. The van der Waals surface area contributed by atoms with Gasteiger partial charge in [0, 0.05) is 25.0 Å². The molecule has 4 nitrogen and oxygen atoms in total. The van der Waals surface area contributed by atoms with Crippen molar-refractivity contribution in [1.29, 1.82) is 0 Å². The van der Waals surface area contributed by atoms with E-state index in [0.29, 0.717) is 18.9 Å². The Balaban J connectivity index is 0. The highest BCUT2D eigenvalue weighted by Crippen LogP contribution is 2.11. The first-order valence-electron chi connectivity index (χ1n) is 6.86. The molecule has 124 valence electrons. The number of aromatic nitrogens is 1. The molecule has 0 aromatic carbocycles. The number of nitrogens with two attached hydrogens (primary N) is 1. The number of hydrogen-bond donors (Lipinski definition) is 1. The normalized spacial score (nSPS) is 11.5. The molecule has 1 aromatic rings. The third kappa shape index (κ3) is 8.00. The maximum absolute atomic E-state index is 12.0. The van der Waals surface area contributed by atoms with Crippen LogP contribution in [0.3, 0.4) is 0 Å². The molecule has 7 heteroatoms. The van der Waals surface area contributed by atoms with E-state index in [4.69, 9.17) is 5.73 Å². The lowest BCUT2D eigenvalue weighted by Gasteiger charge is -2.21. The topological polar surface area (TPSA) is 59.2 Å². The fourth-order valence-corrected chi connectivity index (χ4v) is 2.43. The molecule has 1 unspecified atom stereocenters. The Hall–Kier alpha value is -0.360. The highest BCUT2D eigenvalue weighted by atomic mass is 35.5. The highest BCUT2D eigenvalue weighted by Gasteiger charge is 2.14. The van der Waals surface area contributed by atoms with Gasteiger partial charge in [0.2, 0.25) is 5.91 Å². The molecule has 0 saturated carbocycles. The summed E-state index contributed by atoms with van der Waals surface area (Å²) >= 11 is 1.62. The van der Waals surface area contributed by atoms with Crippen molar-refractivity contribution < 1.29 is 4.79 Å². The molecule has 0 fully saturated rings. The average Bonchev–Trinajstić information content (AvgIpc) is 2.82. The molecule has 1 atom stereocenters. The minimum absolute atomic E-state index is 0. The van der Waals surface area contributed by atoms with E-state index in [1.807, 2.05) is 12.4 Å². The predicted molar refractivity (Wildman–Crippen MR) is 94.8 cm³/mol. The minimum Gasteiger partial charge on any atom is -0.345 e.